The lowest BCUT2D eigenvalue weighted by Gasteiger charge is -2.32. The first-order valence-corrected chi connectivity index (χ1v) is 7.61. The summed E-state index contributed by atoms with van der Waals surface area (Å²) in [4.78, 5) is 25.9. The van der Waals surface area contributed by atoms with E-state index in [9.17, 15) is 14.0 Å². The van der Waals surface area contributed by atoms with Gasteiger partial charge in [-0.1, -0.05) is 6.07 Å². The Kier molecular flexibility index (Phi) is 4.20. The Labute approximate surface area is 139 Å². The number of hydrogen-bond acceptors (Lipinski definition) is 3. The van der Waals surface area contributed by atoms with Gasteiger partial charge < -0.3 is 15.0 Å². The normalized spacial score (nSPS) is 13.5. The summed E-state index contributed by atoms with van der Waals surface area (Å²) in [5.74, 6) is -0.440. The molecule has 5 nitrogen and oxygen atoms in total. The van der Waals surface area contributed by atoms with Gasteiger partial charge in [0.05, 0.1) is 5.69 Å². The molecule has 2 aromatic carbocycles. The Hall–Kier alpha value is -2.89. The summed E-state index contributed by atoms with van der Waals surface area (Å²) in [6.07, 6.45) is 0. The number of nitrogens with one attached hydrogen (secondary N) is 1. The van der Waals surface area contributed by atoms with Gasteiger partial charge in [-0.2, -0.15) is 0 Å². The smallest absolute Gasteiger partial charge is 0.265 e. The fourth-order valence-corrected chi connectivity index (χ4v) is 2.65. The fourth-order valence-electron chi connectivity index (χ4n) is 2.65. The van der Waals surface area contributed by atoms with Crippen molar-refractivity contribution in [3.63, 3.8) is 0 Å². The predicted molar refractivity (Wildman–Crippen MR) is 88.9 cm³/mol. The quantitative estimate of drug-likeness (QED) is 0.941. The Morgan fingerprint density at radius 3 is 2.75 bits per heavy atom. The van der Waals surface area contributed by atoms with Gasteiger partial charge in [0.1, 0.15) is 11.6 Å². The second kappa shape index (κ2) is 6.31. The molecule has 0 radical (unpaired) electrons. The molecule has 124 valence electrons. The lowest BCUT2D eigenvalue weighted by Crippen LogP contribution is -2.43. The maximum atomic E-state index is 13.2. The molecule has 0 atom stereocenters. The van der Waals surface area contributed by atoms with Crippen molar-refractivity contribution in [2.45, 2.75) is 19.9 Å². The molecule has 0 fully saturated rings. The monoisotopic (exact) mass is 328 g/mol. The van der Waals surface area contributed by atoms with Crippen molar-refractivity contribution < 1.29 is 18.7 Å². The van der Waals surface area contributed by atoms with E-state index < -0.39 is 11.7 Å². The lowest BCUT2D eigenvalue weighted by molar-refractivity contribution is -0.121. The molecule has 0 bridgehead atoms. The maximum Gasteiger partial charge on any atom is 0.265 e. The Morgan fingerprint density at radius 1 is 1.25 bits per heavy atom. The van der Waals surface area contributed by atoms with E-state index in [-0.39, 0.29) is 24.1 Å². The average molecular weight is 328 g/mol. The minimum atomic E-state index is -0.474. The first-order valence-electron chi connectivity index (χ1n) is 7.61. The van der Waals surface area contributed by atoms with Gasteiger partial charge in [0.15, 0.2) is 6.61 Å². The Balaban J connectivity index is 1.88. The molecular formula is C18H17FN2O3. The molecular weight excluding hydrogens is 311 g/mol. The van der Waals surface area contributed by atoms with Gasteiger partial charge in [-0.25, -0.2) is 4.39 Å². The van der Waals surface area contributed by atoms with Gasteiger partial charge in [-0.05, 0) is 50.2 Å². The summed E-state index contributed by atoms with van der Waals surface area (Å²) in [6, 6.07) is 10.5. The van der Waals surface area contributed by atoms with Crippen LogP contribution in [0.15, 0.2) is 42.5 Å². The minimum absolute atomic E-state index is 0.000177. The van der Waals surface area contributed by atoms with Crippen molar-refractivity contribution in [3.8, 4) is 5.75 Å². The zero-order valence-electron chi connectivity index (χ0n) is 13.4. The number of carbonyl (C=O) groups excluding carboxylic acids is 2. The largest absolute Gasteiger partial charge is 0.482 e. The van der Waals surface area contributed by atoms with Crippen LogP contribution in [-0.4, -0.2) is 24.5 Å². The van der Waals surface area contributed by atoms with Crippen LogP contribution >= 0.6 is 0 Å². The maximum absolute atomic E-state index is 13.2. The van der Waals surface area contributed by atoms with Gasteiger partial charge in [-0.15, -0.1) is 0 Å². The van der Waals surface area contributed by atoms with Crippen LogP contribution in [0.1, 0.15) is 24.2 Å². The summed E-state index contributed by atoms with van der Waals surface area (Å²) in [5, 5.41) is 2.71. The lowest BCUT2D eigenvalue weighted by atomic mass is 10.1. The molecule has 0 unspecified atom stereocenters. The minimum Gasteiger partial charge on any atom is -0.482 e. The summed E-state index contributed by atoms with van der Waals surface area (Å²) in [5.41, 5.74) is 1.34. The highest BCUT2D eigenvalue weighted by Gasteiger charge is 2.28. The molecule has 3 rings (SSSR count). The van der Waals surface area contributed by atoms with Crippen LogP contribution in [-0.2, 0) is 4.79 Å². The number of nitrogens with zero attached hydrogens (tertiary/aromatic N) is 1. The molecule has 0 spiro atoms. The SMILES string of the molecule is CC(C)N1C(=O)COc2ccc(NC(=O)c3cccc(F)c3)cc21. The highest BCUT2D eigenvalue weighted by atomic mass is 19.1. The van der Waals surface area contributed by atoms with Crippen molar-refractivity contribution in [2.24, 2.45) is 0 Å². The molecule has 0 aliphatic carbocycles. The Bertz CT molecular complexity index is 805. The van der Waals surface area contributed by atoms with Crippen LogP contribution in [0.4, 0.5) is 15.8 Å². The van der Waals surface area contributed by atoms with Crippen LogP contribution < -0.4 is 15.0 Å². The van der Waals surface area contributed by atoms with Crippen molar-refractivity contribution >= 4 is 23.2 Å². The molecule has 1 aliphatic heterocycles. The molecule has 0 aromatic heterocycles. The van der Waals surface area contributed by atoms with E-state index in [1.807, 2.05) is 13.8 Å². The third-order valence-corrected chi connectivity index (χ3v) is 3.70. The zero-order valence-corrected chi connectivity index (χ0v) is 13.4. The molecule has 2 aromatic rings. The number of anilines is 2. The molecule has 0 saturated heterocycles. The van der Waals surface area contributed by atoms with Crippen LogP contribution in [0.3, 0.4) is 0 Å². The summed E-state index contributed by atoms with van der Waals surface area (Å²) < 4.78 is 18.7. The number of amides is 2. The van der Waals surface area contributed by atoms with E-state index >= 15 is 0 Å². The molecule has 1 aliphatic rings. The third kappa shape index (κ3) is 3.08. The van der Waals surface area contributed by atoms with Crippen molar-refractivity contribution in [1.82, 2.24) is 0 Å². The molecule has 1 N–H and O–H groups in total. The number of halogens is 1. The van der Waals surface area contributed by atoms with E-state index in [4.69, 9.17) is 4.74 Å². The molecule has 2 amide bonds. The summed E-state index contributed by atoms with van der Waals surface area (Å²) >= 11 is 0. The summed E-state index contributed by atoms with van der Waals surface area (Å²) in [6.45, 7) is 3.82. The molecule has 24 heavy (non-hydrogen) atoms. The number of fused-ring (bicyclic) bond motifs is 1. The topological polar surface area (TPSA) is 58.6 Å². The van der Waals surface area contributed by atoms with E-state index in [2.05, 4.69) is 5.32 Å². The number of hydrogen-bond donors (Lipinski definition) is 1. The van der Waals surface area contributed by atoms with Gasteiger partial charge in [0, 0.05) is 17.3 Å². The van der Waals surface area contributed by atoms with Crippen molar-refractivity contribution in [3.05, 3.63) is 53.8 Å². The van der Waals surface area contributed by atoms with E-state index in [1.54, 1.807) is 23.1 Å². The predicted octanol–water partition coefficient (Wildman–Crippen LogP) is 3.21. The van der Waals surface area contributed by atoms with Gasteiger partial charge in [0.2, 0.25) is 0 Å². The first kappa shape index (κ1) is 16.0. The van der Waals surface area contributed by atoms with Crippen LogP contribution in [0, 0.1) is 5.82 Å². The highest BCUT2D eigenvalue weighted by molar-refractivity contribution is 6.05. The van der Waals surface area contributed by atoms with Crippen LogP contribution in [0.5, 0.6) is 5.75 Å². The molecule has 0 saturated carbocycles. The van der Waals surface area contributed by atoms with Gasteiger partial charge in [0.25, 0.3) is 11.8 Å². The summed E-state index contributed by atoms with van der Waals surface area (Å²) in [7, 11) is 0. The standard InChI is InChI=1S/C18H17FN2O3/c1-11(2)21-15-9-14(6-7-16(15)24-10-17(21)22)20-18(23)12-4-3-5-13(19)8-12/h3-9,11H,10H2,1-2H3,(H,20,23). The highest BCUT2D eigenvalue weighted by Crippen LogP contribution is 2.35. The van der Waals surface area contributed by atoms with Crippen LogP contribution in [0.2, 0.25) is 0 Å². The second-order valence-corrected chi connectivity index (χ2v) is 5.79. The average Bonchev–Trinajstić information content (AvgIpc) is 2.54. The molecule has 1 heterocycles. The fraction of sp³-hybridized carbons (Fsp3) is 0.222. The number of carbonyl (C=O) groups is 2. The van der Waals surface area contributed by atoms with Gasteiger partial charge >= 0.3 is 0 Å². The van der Waals surface area contributed by atoms with Crippen molar-refractivity contribution in [1.29, 1.82) is 0 Å². The number of ether oxygens (including phenoxy) is 1. The van der Waals surface area contributed by atoms with Crippen molar-refractivity contribution in [2.75, 3.05) is 16.8 Å². The zero-order chi connectivity index (χ0) is 17.3. The third-order valence-electron chi connectivity index (χ3n) is 3.70. The molecule has 6 heteroatoms. The van der Waals surface area contributed by atoms with E-state index in [0.717, 1.165) is 0 Å². The van der Waals surface area contributed by atoms with E-state index in [0.29, 0.717) is 17.1 Å². The number of rotatable bonds is 3. The number of benzene rings is 2. The van der Waals surface area contributed by atoms with E-state index in [1.165, 1.54) is 24.3 Å². The Morgan fingerprint density at radius 2 is 2.04 bits per heavy atom. The first-order chi connectivity index (χ1) is 11.5. The van der Waals surface area contributed by atoms with Gasteiger partial charge in [-0.3, -0.25) is 9.59 Å². The van der Waals surface area contributed by atoms with Crippen LogP contribution in [0.25, 0.3) is 0 Å². The second-order valence-electron chi connectivity index (χ2n) is 5.79.